The fourth-order valence-electron chi connectivity index (χ4n) is 2.88. The molecular weight excluding hydrogens is 302 g/mol. The van der Waals surface area contributed by atoms with Gasteiger partial charge in [-0.3, -0.25) is 4.98 Å². The highest BCUT2D eigenvalue weighted by Crippen LogP contribution is 2.29. The molecule has 1 aliphatic carbocycles. The summed E-state index contributed by atoms with van der Waals surface area (Å²) >= 11 is 0. The molecule has 1 aliphatic rings. The zero-order chi connectivity index (χ0) is 16.6. The van der Waals surface area contributed by atoms with Crippen molar-refractivity contribution in [3.63, 3.8) is 0 Å². The minimum Gasteiger partial charge on any atom is -0.488 e. The summed E-state index contributed by atoms with van der Waals surface area (Å²) in [5, 5.41) is 5.73. The lowest BCUT2D eigenvalue weighted by Crippen LogP contribution is -2.30. The first-order valence-corrected chi connectivity index (χ1v) is 8.52. The summed E-state index contributed by atoms with van der Waals surface area (Å²) in [5.74, 6) is 0.740. The smallest absolute Gasteiger partial charge is 0.319 e. The standard InChI is InChI=1S/C19H23N3O2/c23-19(21-14-12-15-7-5-6-13-20-15)22-17-10-3-4-11-18(17)24-16-8-1-2-9-16/h3-7,10-11,13,16H,1-2,8-9,12,14H2,(H2,21,22,23). The van der Waals surface area contributed by atoms with Crippen molar-refractivity contribution < 1.29 is 9.53 Å². The van der Waals surface area contributed by atoms with Crippen LogP contribution in [0.1, 0.15) is 31.4 Å². The maximum absolute atomic E-state index is 12.1. The van der Waals surface area contributed by atoms with Crippen molar-refractivity contribution in [2.24, 2.45) is 0 Å². The second kappa shape index (κ2) is 8.34. The molecule has 0 radical (unpaired) electrons. The number of carbonyl (C=O) groups excluding carboxylic acids is 1. The van der Waals surface area contributed by atoms with E-state index >= 15 is 0 Å². The molecule has 126 valence electrons. The SMILES string of the molecule is O=C(NCCc1ccccn1)Nc1ccccc1OC1CCCC1. The number of nitrogens with one attached hydrogen (secondary N) is 2. The largest absolute Gasteiger partial charge is 0.488 e. The molecule has 0 aliphatic heterocycles. The number of aromatic nitrogens is 1. The van der Waals surface area contributed by atoms with Gasteiger partial charge < -0.3 is 15.4 Å². The highest BCUT2D eigenvalue weighted by atomic mass is 16.5. The highest BCUT2D eigenvalue weighted by Gasteiger charge is 2.18. The molecule has 2 N–H and O–H groups in total. The normalized spacial score (nSPS) is 14.3. The zero-order valence-electron chi connectivity index (χ0n) is 13.7. The van der Waals surface area contributed by atoms with E-state index in [1.165, 1.54) is 12.8 Å². The van der Waals surface area contributed by atoms with Gasteiger partial charge in [0.25, 0.3) is 0 Å². The van der Waals surface area contributed by atoms with E-state index in [0.29, 0.717) is 18.7 Å². The Labute approximate surface area is 142 Å². The Hall–Kier alpha value is -2.56. The third-order valence-electron chi connectivity index (χ3n) is 4.12. The van der Waals surface area contributed by atoms with Gasteiger partial charge in [0.2, 0.25) is 0 Å². The Bertz CT molecular complexity index is 655. The minimum atomic E-state index is -0.228. The number of pyridine rings is 1. The van der Waals surface area contributed by atoms with Gasteiger partial charge in [-0.2, -0.15) is 0 Å². The third-order valence-corrected chi connectivity index (χ3v) is 4.12. The van der Waals surface area contributed by atoms with Crippen molar-refractivity contribution in [1.82, 2.24) is 10.3 Å². The minimum absolute atomic E-state index is 0.228. The Morgan fingerprint density at radius 3 is 2.71 bits per heavy atom. The number of hydrogen-bond acceptors (Lipinski definition) is 3. The van der Waals surface area contributed by atoms with Crippen molar-refractivity contribution in [3.8, 4) is 5.75 Å². The number of benzene rings is 1. The fraction of sp³-hybridized carbons (Fsp3) is 0.368. The van der Waals surface area contributed by atoms with E-state index in [1.54, 1.807) is 6.20 Å². The molecule has 5 heteroatoms. The summed E-state index contributed by atoms with van der Waals surface area (Å²) in [6.07, 6.45) is 7.33. The lowest BCUT2D eigenvalue weighted by molar-refractivity contribution is 0.211. The maximum atomic E-state index is 12.1. The van der Waals surface area contributed by atoms with Gasteiger partial charge in [0.15, 0.2) is 0 Å². The predicted molar refractivity (Wildman–Crippen MR) is 94.3 cm³/mol. The topological polar surface area (TPSA) is 63.2 Å². The molecule has 0 bridgehead atoms. The van der Waals surface area contributed by atoms with Gasteiger partial charge in [-0.05, 0) is 49.9 Å². The molecular formula is C19H23N3O2. The van der Waals surface area contributed by atoms with Gasteiger partial charge in [-0.15, -0.1) is 0 Å². The Morgan fingerprint density at radius 1 is 1.12 bits per heavy atom. The van der Waals surface area contributed by atoms with Crippen LogP contribution in [0.2, 0.25) is 0 Å². The number of ether oxygens (including phenoxy) is 1. The van der Waals surface area contributed by atoms with Crippen molar-refractivity contribution in [2.45, 2.75) is 38.2 Å². The molecule has 0 spiro atoms. The number of nitrogens with zero attached hydrogens (tertiary/aromatic N) is 1. The predicted octanol–water partition coefficient (Wildman–Crippen LogP) is 3.77. The van der Waals surface area contributed by atoms with Crippen LogP contribution in [-0.4, -0.2) is 23.7 Å². The second-order valence-electron chi connectivity index (χ2n) is 5.97. The van der Waals surface area contributed by atoms with Crippen LogP contribution < -0.4 is 15.4 Å². The molecule has 2 aromatic rings. The van der Waals surface area contributed by atoms with Crippen molar-refractivity contribution in [2.75, 3.05) is 11.9 Å². The van der Waals surface area contributed by atoms with E-state index in [-0.39, 0.29) is 12.1 Å². The van der Waals surface area contributed by atoms with Gasteiger partial charge in [-0.1, -0.05) is 18.2 Å². The summed E-state index contributed by atoms with van der Waals surface area (Å²) in [4.78, 5) is 16.3. The van der Waals surface area contributed by atoms with Gasteiger partial charge in [0.1, 0.15) is 5.75 Å². The fourth-order valence-corrected chi connectivity index (χ4v) is 2.88. The van der Waals surface area contributed by atoms with Crippen LogP contribution in [0.5, 0.6) is 5.75 Å². The number of urea groups is 1. The van der Waals surface area contributed by atoms with Gasteiger partial charge in [0, 0.05) is 24.9 Å². The van der Waals surface area contributed by atoms with Gasteiger partial charge in [-0.25, -0.2) is 4.79 Å². The van der Waals surface area contributed by atoms with Crippen LogP contribution in [0.3, 0.4) is 0 Å². The summed E-state index contributed by atoms with van der Waals surface area (Å²) in [6.45, 7) is 0.536. The number of anilines is 1. The van der Waals surface area contributed by atoms with E-state index in [9.17, 15) is 4.79 Å². The summed E-state index contributed by atoms with van der Waals surface area (Å²) < 4.78 is 6.03. The van der Waals surface area contributed by atoms with Crippen LogP contribution in [0.25, 0.3) is 0 Å². The summed E-state index contributed by atoms with van der Waals surface area (Å²) in [7, 11) is 0. The highest BCUT2D eigenvalue weighted by molar-refractivity contribution is 5.90. The van der Waals surface area contributed by atoms with Gasteiger partial charge >= 0.3 is 6.03 Å². The number of amides is 2. The number of rotatable bonds is 6. The first-order valence-electron chi connectivity index (χ1n) is 8.52. The molecule has 5 nitrogen and oxygen atoms in total. The van der Waals surface area contributed by atoms with Crippen LogP contribution in [0.4, 0.5) is 10.5 Å². The van der Waals surface area contributed by atoms with Crippen molar-refractivity contribution in [3.05, 3.63) is 54.4 Å². The molecule has 1 fully saturated rings. The first-order chi connectivity index (χ1) is 11.8. The van der Waals surface area contributed by atoms with E-state index in [0.717, 1.165) is 24.3 Å². The van der Waals surface area contributed by atoms with E-state index in [4.69, 9.17) is 4.74 Å². The monoisotopic (exact) mass is 325 g/mol. The zero-order valence-corrected chi connectivity index (χ0v) is 13.7. The van der Waals surface area contributed by atoms with Crippen LogP contribution >= 0.6 is 0 Å². The van der Waals surface area contributed by atoms with E-state index < -0.39 is 0 Å². The molecule has 24 heavy (non-hydrogen) atoms. The lowest BCUT2D eigenvalue weighted by Gasteiger charge is -2.17. The molecule has 0 saturated heterocycles. The maximum Gasteiger partial charge on any atom is 0.319 e. The third kappa shape index (κ3) is 4.72. The van der Waals surface area contributed by atoms with E-state index in [2.05, 4.69) is 15.6 Å². The average Bonchev–Trinajstić information content (AvgIpc) is 3.11. The molecule has 0 atom stereocenters. The average molecular weight is 325 g/mol. The lowest BCUT2D eigenvalue weighted by atomic mass is 10.2. The molecule has 1 aromatic carbocycles. The molecule has 1 saturated carbocycles. The quantitative estimate of drug-likeness (QED) is 0.850. The first kappa shape index (κ1) is 16.3. The van der Waals surface area contributed by atoms with E-state index in [1.807, 2.05) is 42.5 Å². The number of carbonyl (C=O) groups is 1. The number of hydrogen-bond donors (Lipinski definition) is 2. The Kier molecular flexibility index (Phi) is 5.66. The van der Waals surface area contributed by atoms with Gasteiger partial charge in [0.05, 0.1) is 11.8 Å². The van der Waals surface area contributed by atoms with Crippen LogP contribution in [0, 0.1) is 0 Å². The number of para-hydroxylation sites is 2. The molecule has 1 heterocycles. The van der Waals surface area contributed by atoms with Crippen molar-refractivity contribution in [1.29, 1.82) is 0 Å². The molecule has 0 unspecified atom stereocenters. The molecule has 3 rings (SSSR count). The summed E-state index contributed by atoms with van der Waals surface area (Å²) in [5.41, 5.74) is 1.67. The molecule has 2 amide bonds. The second-order valence-corrected chi connectivity index (χ2v) is 5.97. The Morgan fingerprint density at radius 2 is 1.92 bits per heavy atom. The van der Waals surface area contributed by atoms with Crippen LogP contribution in [0.15, 0.2) is 48.7 Å². The Balaban J connectivity index is 1.50. The summed E-state index contributed by atoms with van der Waals surface area (Å²) in [6, 6.07) is 13.1. The van der Waals surface area contributed by atoms with Crippen LogP contribution in [-0.2, 0) is 6.42 Å². The molecule has 1 aromatic heterocycles. The van der Waals surface area contributed by atoms with Crippen molar-refractivity contribution >= 4 is 11.7 Å².